The molecule has 0 heterocycles. The van der Waals surface area contributed by atoms with Crippen LogP contribution in [0.2, 0.25) is 0 Å². The van der Waals surface area contributed by atoms with Gasteiger partial charge in [-0.05, 0) is 31.2 Å². The van der Waals surface area contributed by atoms with Crippen LogP contribution >= 0.6 is 0 Å². The SMILES string of the molecule is CCOC(=O)Oc1ccc(NC(N)=O)cc1. The first kappa shape index (κ1) is 11.8. The van der Waals surface area contributed by atoms with Crippen LogP contribution in [0.1, 0.15) is 6.92 Å². The summed E-state index contributed by atoms with van der Waals surface area (Å²) in [5.41, 5.74) is 5.44. The Hall–Kier alpha value is -2.24. The molecule has 1 rings (SSSR count). The molecule has 0 bridgehead atoms. The van der Waals surface area contributed by atoms with Gasteiger partial charge in [0, 0.05) is 5.69 Å². The van der Waals surface area contributed by atoms with Gasteiger partial charge in [-0.2, -0.15) is 0 Å². The number of nitrogens with two attached hydrogens (primary N) is 1. The van der Waals surface area contributed by atoms with Crippen LogP contribution in [0.4, 0.5) is 15.3 Å². The van der Waals surface area contributed by atoms with Gasteiger partial charge in [-0.25, -0.2) is 9.59 Å². The fourth-order valence-electron chi connectivity index (χ4n) is 0.992. The van der Waals surface area contributed by atoms with E-state index in [1.807, 2.05) is 0 Å². The Bertz CT molecular complexity index is 375. The maximum absolute atomic E-state index is 10.9. The zero-order valence-corrected chi connectivity index (χ0v) is 8.73. The standard InChI is InChI=1S/C10H12N2O4/c1-2-15-10(14)16-8-5-3-7(4-6-8)12-9(11)13/h3-6H,2H2,1H3,(H3,11,12,13). The van der Waals surface area contributed by atoms with Crippen molar-refractivity contribution in [3.63, 3.8) is 0 Å². The third-order valence-electron chi connectivity index (χ3n) is 1.59. The average Bonchev–Trinajstić information content (AvgIpc) is 2.20. The zero-order valence-electron chi connectivity index (χ0n) is 8.73. The molecule has 6 heteroatoms. The lowest BCUT2D eigenvalue weighted by Gasteiger charge is -2.05. The van der Waals surface area contributed by atoms with E-state index in [0.29, 0.717) is 11.4 Å². The van der Waals surface area contributed by atoms with E-state index >= 15 is 0 Å². The molecular weight excluding hydrogens is 212 g/mol. The van der Waals surface area contributed by atoms with E-state index in [4.69, 9.17) is 10.5 Å². The zero-order chi connectivity index (χ0) is 12.0. The van der Waals surface area contributed by atoms with Crippen LogP contribution in [0.3, 0.4) is 0 Å². The summed E-state index contributed by atoms with van der Waals surface area (Å²) in [5, 5.41) is 2.38. The quantitative estimate of drug-likeness (QED) is 0.604. The van der Waals surface area contributed by atoms with Gasteiger partial charge >= 0.3 is 12.2 Å². The Morgan fingerprint density at radius 3 is 2.44 bits per heavy atom. The molecule has 16 heavy (non-hydrogen) atoms. The van der Waals surface area contributed by atoms with Crippen LogP contribution in [0.5, 0.6) is 5.75 Å². The van der Waals surface area contributed by atoms with Gasteiger partial charge in [0.1, 0.15) is 5.75 Å². The monoisotopic (exact) mass is 224 g/mol. The van der Waals surface area contributed by atoms with Crippen molar-refractivity contribution in [1.29, 1.82) is 0 Å². The lowest BCUT2D eigenvalue weighted by atomic mass is 10.3. The molecule has 0 fully saturated rings. The summed E-state index contributed by atoms with van der Waals surface area (Å²) >= 11 is 0. The van der Waals surface area contributed by atoms with Crippen LogP contribution in [0.15, 0.2) is 24.3 Å². The van der Waals surface area contributed by atoms with Crippen LogP contribution in [-0.2, 0) is 4.74 Å². The van der Waals surface area contributed by atoms with Gasteiger partial charge in [0.15, 0.2) is 0 Å². The maximum atomic E-state index is 10.9. The van der Waals surface area contributed by atoms with Crippen molar-refractivity contribution in [2.75, 3.05) is 11.9 Å². The number of rotatable bonds is 3. The summed E-state index contributed by atoms with van der Waals surface area (Å²) in [6, 6.07) is 5.49. The first-order valence-electron chi connectivity index (χ1n) is 4.63. The normalized spacial score (nSPS) is 9.31. The van der Waals surface area contributed by atoms with E-state index in [1.54, 1.807) is 19.1 Å². The molecule has 0 atom stereocenters. The van der Waals surface area contributed by atoms with E-state index in [1.165, 1.54) is 12.1 Å². The Kier molecular flexibility index (Phi) is 4.14. The summed E-state index contributed by atoms with van der Waals surface area (Å²) in [7, 11) is 0. The van der Waals surface area contributed by atoms with E-state index in [9.17, 15) is 9.59 Å². The molecular formula is C10H12N2O4. The molecule has 0 unspecified atom stereocenters. The van der Waals surface area contributed by atoms with Crippen molar-refractivity contribution in [2.45, 2.75) is 6.92 Å². The third-order valence-corrected chi connectivity index (χ3v) is 1.59. The number of anilines is 1. The van der Waals surface area contributed by atoms with Crippen molar-refractivity contribution in [2.24, 2.45) is 5.73 Å². The van der Waals surface area contributed by atoms with E-state index in [-0.39, 0.29) is 6.61 Å². The molecule has 2 amide bonds. The highest BCUT2D eigenvalue weighted by Crippen LogP contribution is 2.15. The third kappa shape index (κ3) is 3.87. The summed E-state index contributed by atoms with van der Waals surface area (Å²) in [6.45, 7) is 1.93. The highest BCUT2D eigenvalue weighted by molar-refractivity contribution is 5.87. The number of carbonyl (C=O) groups is 2. The first-order valence-corrected chi connectivity index (χ1v) is 4.63. The lowest BCUT2D eigenvalue weighted by Crippen LogP contribution is -2.19. The molecule has 0 aliphatic rings. The van der Waals surface area contributed by atoms with Crippen LogP contribution in [0, 0.1) is 0 Å². The molecule has 1 aromatic carbocycles. The smallest absolute Gasteiger partial charge is 0.434 e. The summed E-state index contributed by atoms with van der Waals surface area (Å²) in [6.07, 6.45) is -0.766. The molecule has 0 saturated heterocycles. The van der Waals surface area contributed by atoms with Crippen molar-refractivity contribution in [3.05, 3.63) is 24.3 Å². The Morgan fingerprint density at radius 2 is 1.94 bits per heavy atom. The molecule has 0 aliphatic carbocycles. The number of carbonyl (C=O) groups excluding carboxylic acids is 2. The highest BCUT2D eigenvalue weighted by Gasteiger charge is 2.04. The van der Waals surface area contributed by atoms with Gasteiger partial charge < -0.3 is 20.5 Å². The molecule has 0 aliphatic heterocycles. The topological polar surface area (TPSA) is 90.7 Å². The average molecular weight is 224 g/mol. The van der Waals surface area contributed by atoms with E-state index < -0.39 is 12.2 Å². The van der Waals surface area contributed by atoms with Gasteiger partial charge in [-0.15, -0.1) is 0 Å². The summed E-state index contributed by atoms with van der Waals surface area (Å²) in [4.78, 5) is 21.5. The number of nitrogens with one attached hydrogen (secondary N) is 1. The molecule has 6 nitrogen and oxygen atoms in total. The minimum Gasteiger partial charge on any atom is -0.434 e. The van der Waals surface area contributed by atoms with Crippen molar-refractivity contribution in [3.8, 4) is 5.75 Å². The summed E-state index contributed by atoms with van der Waals surface area (Å²) in [5.74, 6) is 0.327. The van der Waals surface area contributed by atoms with Crippen LogP contribution in [0.25, 0.3) is 0 Å². The van der Waals surface area contributed by atoms with Crippen molar-refractivity contribution >= 4 is 17.9 Å². The van der Waals surface area contributed by atoms with Crippen molar-refractivity contribution in [1.82, 2.24) is 0 Å². The number of benzene rings is 1. The molecule has 3 N–H and O–H groups in total. The minimum atomic E-state index is -0.766. The molecule has 0 radical (unpaired) electrons. The second-order valence-corrected chi connectivity index (χ2v) is 2.80. The number of hydrogen-bond acceptors (Lipinski definition) is 4. The lowest BCUT2D eigenvalue weighted by molar-refractivity contribution is 0.104. The van der Waals surface area contributed by atoms with E-state index in [2.05, 4.69) is 10.1 Å². The molecule has 0 saturated carbocycles. The predicted molar refractivity (Wildman–Crippen MR) is 57.3 cm³/mol. The minimum absolute atomic E-state index is 0.250. The van der Waals surface area contributed by atoms with Gasteiger partial charge in [0.2, 0.25) is 0 Å². The fraction of sp³-hybridized carbons (Fsp3) is 0.200. The summed E-state index contributed by atoms with van der Waals surface area (Å²) < 4.78 is 9.40. The predicted octanol–water partition coefficient (Wildman–Crippen LogP) is 1.71. The molecule has 0 aromatic heterocycles. The number of amides is 2. The first-order chi connectivity index (χ1) is 7.61. The Labute approximate surface area is 92.3 Å². The maximum Gasteiger partial charge on any atom is 0.513 e. The Morgan fingerprint density at radius 1 is 1.31 bits per heavy atom. The second kappa shape index (κ2) is 5.59. The van der Waals surface area contributed by atoms with Gasteiger partial charge in [-0.1, -0.05) is 0 Å². The Balaban J connectivity index is 2.57. The van der Waals surface area contributed by atoms with Gasteiger partial charge in [0.25, 0.3) is 0 Å². The molecule has 0 spiro atoms. The van der Waals surface area contributed by atoms with Crippen molar-refractivity contribution < 1.29 is 19.1 Å². The largest absolute Gasteiger partial charge is 0.513 e. The number of hydrogen-bond donors (Lipinski definition) is 2. The fourth-order valence-corrected chi connectivity index (χ4v) is 0.992. The van der Waals surface area contributed by atoms with Gasteiger partial charge in [0.05, 0.1) is 6.61 Å². The number of primary amides is 1. The highest BCUT2D eigenvalue weighted by atomic mass is 16.7. The molecule has 86 valence electrons. The van der Waals surface area contributed by atoms with E-state index in [0.717, 1.165) is 0 Å². The second-order valence-electron chi connectivity index (χ2n) is 2.80. The number of urea groups is 1. The van der Waals surface area contributed by atoms with Crippen LogP contribution < -0.4 is 15.8 Å². The van der Waals surface area contributed by atoms with Crippen LogP contribution in [-0.4, -0.2) is 18.8 Å². The number of ether oxygens (including phenoxy) is 2. The van der Waals surface area contributed by atoms with Gasteiger partial charge in [-0.3, -0.25) is 0 Å². The molecule has 1 aromatic rings.